The Labute approximate surface area is 138 Å². The average Bonchev–Trinajstić information content (AvgIpc) is 2.59. The van der Waals surface area contributed by atoms with Gasteiger partial charge in [-0.1, -0.05) is 31.0 Å². The zero-order valence-corrected chi connectivity index (χ0v) is 13.6. The fourth-order valence-electron chi connectivity index (χ4n) is 3.10. The third kappa shape index (κ3) is 5.67. The number of benzene rings is 1. The van der Waals surface area contributed by atoms with E-state index in [2.05, 4.69) is 10.6 Å². The SMILES string of the molecule is NCC1CCCCC1NC(=O)CCCNC(=O)c1ccccc1. The molecule has 1 saturated carbocycles. The lowest BCUT2D eigenvalue weighted by Gasteiger charge is -2.31. The number of hydrogen-bond donors (Lipinski definition) is 3. The van der Waals surface area contributed by atoms with Gasteiger partial charge in [-0.25, -0.2) is 0 Å². The molecule has 1 aromatic carbocycles. The van der Waals surface area contributed by atoms with E-state index in [1.165, 1.54) is 6.42 Å². The van der Waals surface area contributed by atoms with Crippen molar-refractivity contribution in [2.45, 2.75) is 44.6 Å². The molecule has 0 bridgehead atoms. The second-order valence-corrected chi connectivity index (χ2v) is 6.18. The summed E-state index contributed by atoms with van der Waals surface area (Å²) in [5, 5.41) is 5.95. The predicted molar refractivity (Wildman–Crippen MR) is 91.0 cm³/mol. The maximum atomic E-state index is 12.0. The predicted octanol–water partition coefficient (Wildman–Crippen LogP) is 1.83. The number of hydrogen-bond acceptors (Lipinski definition) is 3. The van der Waals surface area contributed by atoms with Gasteiger partial charge in [0.25, 0.3) is 5.91 Å². The molecule has 0 saturated heterocycles. The van der Waals surface area contributed by atoms with Crippen LogP contribution in [0.25, 0.3) is 0 Å². The van der Waals surface area contributed by atoms with E-state index in [0.717, 1.165) is 19.3 Å². The van der Waals surface area contributed by atoms with Gasteiger partial charge in [0, 0.05) is 24.6 Å². The van der Waals surface area contributed by atoms with Gasteiger partial charge in [-0.05, 0) is 43.9 Å². The van der Waals surface area contributed by atoms with E-state index >= 15 is 0 Å². The van der Waals surface area contributed by atoms with E-state index in [1.54, 1.807) is 12.1 Å². The number of nitrogens with one attached hydrogen (secondary N) is 2. The second-order valence-electron chi connectivity index (χ2n) is 6.18. The van der Waals surface area contributed by atoms with E-state index in [-0.39, 0.29) is 17.9 Å². The van der Waals surface area contributed by atoms with Gasteiger partial charge in [0.1, 0.15) is 0 Å². The average molecular weight is 317 g/mol. The monoisotopic (exact) mass is 317 g/mol. The Morgan fingerprint density at radius 1 is 1.13 bits per heavy atom. The van der Waals surface area contributed by atoms with Crippen molar-refractivity contribution >= 4 is 11.8 Å². The molecule has 5 heteroatoms. The molecule has 0 aliphatic heterocycles. The first kappa shape index (κ1) is 17.5. The summed E-state index contributed by atoms with van der Waals surface area (Å²) in [5.41, 5.74) is 6.42. The summed E-state index contributed by atoms with van der Waals surface area (Å²) in [6.45, 7) is 1.14. The van der Waals surface area contributed by atoms with E-state index in [1.807, 2.05) is 18.2 Å². The maximum absolute atomic E-state index is 12.0. The van der Waals surface area contributed by atoms with Crippen LogP contribution in [-0.2, 0) is 4.79 Å². The molecule has 0 spiro atoms. The maximum Gasteiger partial charge on any atom is 0.251 e. The van der Waals surface area contributed by atoms with Crippen LogP contribution in [0.1, 0.15) is 48.9 Å². The Morgan fingerprint density at radius 2 is 1.87 bits per heavy atom. The fraction of sp³-hybridized carbons (Fsp3) is 0.556. The Kier molecular flexibility index (Phi) is 7.07. The molecule has 0 heterocycles. The molecule has 23 heavy (non-hydrogen) atoms. The minimum absolute atomic E-state index is 0.0595. The van der Waals surface area contributed by atoms with Gasteiger partial charge in [-0.2, -0.15) is 0 Å². The van der Waals surface area contributed by atoms with Crippen LogP contribution in [0.2, 0.25) is 0 Å². The Balaban J connectivity index is 1.64. The summed E-state index contributed by atoms with van der Waals surface area (Å²) in [5.74, 6) is 0.372. The lowest BCUT2D eigenvalue weighted by Crippen LogP contribution is -2.44. The summed E-state index contributed by atoms with van der Waals surface area (Å²) >= 11 is 0. The molecule has 1 aromatic rings. The lowest BCUT2D eigenvalue weighted by molar-refractivity contribution is -0.122. The van der Waals surface area contributed by atoms with Crippen molar-refractivity contribution in [2.24, 2.45) is 11.7 Å². The van der Waals surface area contributed by atoms with Gasteiger partial charge < -0.3 is 16.4 Å². The quantitative estimate of drug-likeness (QED) is 0.671. The number of amides is 2. The van der Waals surface area contributed by atoms with E-state index in [0.29, 0.717) is 37.4 Å². The van der Waals surface area contributed by atoms with Crippen molar-refractivity contribution in [3.05, 3.63) is 35.9 Å². The first-order chi connectivity index (χ1) is 11.2. The van der Waals surface area contributed by atoms with Crippen LogP contribution in [0.4, 0.5) is 0 Å². The Morgan fingerprint density at radius 3 is 2.61 bits per heavy atom. The minimum atomic E-state index is -0.0958. The normalized spacial score (nSPS) is 20.7. The summed E-state index contributed by atoms with van der Waals surface area (Å²) in [6, 6.07) is 9.32. The van der Waals surface area contributed by atoms with Crippen LogP contribution in [0.15, 0.2) is 30.3 Å². The van der Waals surface area contributed by atoms with Gasteiger partial charge >= 0.3 is 0 Å². The molecule has 0 radical (unpaired) electrons. The van der Waals surface area contributed by atoms with Gasteiger partial charge in [0.15, 0.2) is 0 Å². The topological polar surface area (TPSA) is 84.2 Å². The first-order valence-corrected chi connectivity index (χ1v) is 8.53. The Hall–Kier alpha value is -1.88. The highest BCUT2D eigenvalue weighted by atomic mass is 16.2. The molecule has 1 aliphatic carbocycles. The highest BCUT2D eigenvalue weighted by Crippen LogP contribution is 2.23. The van der Waals surface area contributed by atoms with Gasteiger partial charge in [0.05, 0.1) is 0 Å². The van der Waals surface area contributed by atoms with Crippen molar-refractivity contribution in [1.29, 1.82) is 0 Å². The zero-order chi connectivity index (χ0) is 16.5. The molecular weight excluding hydrogens is 290 g/mol. The zero-order valence-electron chi connectivity index (χ0n) is 13.6. The number of rotatable bonds is 7. The molecule has 5 nitrogen and oxygen atoms in total. The minimum Gasteiger partial charge on any atom is -0.353 e. The molecule has 1 aliphatic rings. The molecule has 2 unspecified atom stereocenters. The highest BCUT2D eigenvalue weighted by Gasteiger charge is 2.24. The van der Waals surface area contributed by atoms with Crippen LogP contribution >= 0.6 is 0 Å². The van der Waals surface area contributed by atoms with Gasteiger partial charge in [-0.3, -0.25) is 9.59 Å². The molecule has 0 aromatic heterocycles. The Bertz CT molecular complexity index is 504. The third-order valence-corrected chi connectivity index (χ3v) is 4.46. The summed E-state index contributed by atoms with van der Waals surface area (Å²) in [6.07, 6.45) is 5.58. The largest absolute Gasteiger partial charge is 0.353 e. The van der Waals surface area contributed by atoms with E-state index in [4.69, 9.17) is 5.73 Å². The highest BCUT2D eigenvalue weighted by molar-refractivity contribution is 5.94. The number of carbonyl (C=O) groups is 2. The standard InChI is InChI=1S/C18H27N3O2/c19-13-15-9-4-5-10-16(15)21-17(22)11-6-12-20-18(23)14-7-2-1-3-8-14/h1-3,7-8,15-16H,4-6,9-13,19H2,(H,20,23)(H,21,22). The second kappa shape index (κ2) is 9.30. The fourth-order valence-corrected chi connectivity index (χ4v) is 3.10. The first-order valence-electron chi connectivity index (χ1n) is 8.53. The van der Waals surface area contributed by atoms with Crippen molar-refractivity contribution < 1.29 is 9.59 Å². The van der Waals surface area contributed by atoms with Crippen molar-refractivity contribution in [3.8, 4) is 0 Å². The lowest BCUT2D eigenvalue weighted by atomic mass is 9.84. The molecule has 2 rings (SSSR count). The van der Waals surface area contributed by atoms with Gasteiger partial charge in [-0.15, -0.1) is 0 Å². The summed E-state index contributed by atoms with van der Waals surface area (Å²) in [4.78, 5) is 23.9. The van der Waals surface area contributed by atoms with E-state index in [9.17, 15) is 9.59 Å². The molecule has 1 fully saturated rings. The van der Waals surface area contributed by atoms with Gasteiger partial charge in [0.2, 0.25) is 5.91 Å². The molecule has 4 N–H and O–H groups in total. The van der Waals surface area contributed by atoms with Crippen LogP contribution in [-0.4, -0.2) is 30.9 Å². The molecular formula is C18H27N3O2. The van der Waals surface area contributed by atoms with Crippen LogP contribution in [0, 0.1) is 5.92 Å². The smallest absolute Gasteiger partial charge is 0.251 e. The molecule has 126 valence electrons. The van der Waals surface area contributed by atoms with Crippen LogP contribution in [0.3, 0.4) is 0 Å². The van der Waals surface area contributed by atoms with Crippen LogP contribution in [0.5, 0.6) is 0 Å². The van der Waals surface area contributed by atoms with Crippen molar-refractivity contribution in [1.82, 2.24) is 10.6 Å². The van der Waals surface area contributed by atoms with Crippen molar-refractivity contribution in [2.75, 3.05) is 13.1 Å². The molecule has 2 amide bonds. The number of carbonyl (C=O) groups excluding carboxylic acids is 2. The summed E-state index contributed by atoms with van der Waals surface area (Å²) in [7, 11) is 0. The summed E-state index contributed by atoms with van der Waals surface area (Å²) < 4.78 is 0. The van der Waals surface area contributed by atoms with Crippen molar-refractivity contribution in [3.63, 3.8) is 0 Å². The number of nitrogens with two attached hydrogens (primary N) is 1. The third-order valence-electron chi connectivity index (χ3n) is 4.46. The van der Waals surface area contributed by atoms with Crippen LogP contribution < -0.4 is 16.4 Å². The van der Waals surface area contributed by atoms with E-state index < -0.39 is 0 Å². The molecule has 2 atom stereocenters.